The van der Waals surface area contributed by atoms with Crippen molar-refractivity contribution in [1.82, 2.24) is 9.78 Å². The summed E-state index contributed by atoms with van der Waals surface area (Å²) in [6.45, 7) is 3.05. The van der Waals surface area contributed by atoms with E-state index in [1.165, 1.54) is 5.69 Å². The first-order valence-corrected chi connectivity index (χ1v) is 4.07. The highest BCUT2D eigenvalue weighted by Gasteiger charge is 2.17. The standard InChI is InChI=1S/C8H13N3/c1-6-5-8-7(9)3-2-4-11(8)10-6/h5,7H,2-4,9H2,1H3/t7-/m0/s1. The average molecular weight is 151 g/mol. The quantitative estimate of drug-likeness (QED) is 0.600. The van der Waals surface area contributed by atoms with Gasteiger partial charge in [-0.2, -0.15) is 5.10 Å². The number of hydrogen-bond donors (Lipinski definition) is 1. The molecule has 0 amide bonds. The van der Waals surface area contributed by atoms with E-state index in [0.29, 0.717) is 0 Å². The van der Waals surface area contributed by atoms with Crippen molar-refractivity contribution in [1.29, 1.82) is 0 Å². The van der Waals surface area contributed by atoms with E-state index in [1.54, 1.807) is 0 Å². The minimum atomic E-state index is 0.213. The molecule has 0 unspecified atom stereocenters. The van der Waals surface area contributed by atoms with Gasteiger partial charge in [0.2, 0.25) is 0 Å². The van der Waals surface area contributed by atoms with Gasteiger partial charge in [-0.1, -0.05) is 0 Å². The lowest BCUT2D eigenvalue weighted by atomic mass is 10.1. The first-order chi connectivity index (χ1) is 5.27. The van der Waals surface area contributed by atoms with Gasteiger partial charge in [-0.05, 0) is 25.8 Å². The van der Waals surface area contributed by atoms with E-state index in [-0.39, 0.29) is 6.04 Å². The van der Waals surface area contributed by atoms with E-state index in [2.05, 4.69) is 11.2 Å². The molecule has 0 saturated heterocycles. The average Bonchev–Trinajstić information content (AvgIpc) is 2.31. The Labute approximate surface area is 66.2 Å². The van der Waals surface area contributed by atoms with Gasteiger partial charge in [-0.25, -0.2) is 0 Å². The first kappa shape index (κ1) is 6.85. The molecule has 3 nitrogen and oxygen atoms in total. The summed E-state index contributed by atoms with van der Waals surface area (Å²) in [5.41, 5.74) is 8.18. The van der Waals surface area contributed by atoms with E-state index in [1.807, 2.05) is 11.6 Å². The number of nitrogens with two attached hydrogens (primary N) is 1. The molecule has 1 aromatic heterocycles. The number of aromatic nitrogens is 2. The molecule has 2 rings (SSSR count). The fourth-order valence-electron chi connectivity index (χ4n) is 1.65. The van der Waals surface area contributed by atoms with Crippen LogP contribution in [0.5, 0.6) is 0 Å². The van der Waals surface area contributed by atoms with Crippen LogP contribution in [0.4, 0.5) is 0 Å². The van der Waals surface area contributed by atoms with Gasteiger partial charge in [0.25, 0.3) is 0 Å². The number of nitrogens with zero attached hydrogens (tertiary/aromatic N) is 2. The van der Waals surface area contributed by atoms with Gasteiger partial charge in [0.1, 0.15) is 0 Å². The van der Waals surface area contributed by atoms with Crippen LogP contribution in [0.2, 0.25) is 0 Å². The zero-order valence-corrected chi connectivity index (χ0v) is 6.75. The summed E-state index contributed by atoms with van der Waals surface area (Å²) in [5, 5.41) is 4.34. The Morgan fingerprint density at radius 3 is 3.27 bits per heavy atom. The second-order valence-electron chi connectivity index (χ2n) is 3.18. The van der Waals surface area contributed by atoms with Crippen LogP contribution in [0.15, 0.2) is 6.07 Å². The first-order valence-electron chi connectivity index (χ1n) is 4.07. The molecular weight excluding hydrogens is 138 g/mol. The molecule has 1 aliphatic heterocycles. The fourth-order valence-corrected chi connectivity index (χ4v) is 1.65. The Kier molecular flexibility index (Phi) is 1.46. The third-order valence-corrected chi connectivity index (χ3v) is 2.20. The van der Waals surface area contributed by atoms with Gasteiger partial charge in [-0.15, -0.1) is 0 Å². The normalized spacial score (nSPS) is 23.3. The molecule has 11 heavy (non-hydrogen) atoms. The summed E-state index contributed by atoms with van der Waals surface area (Å²) in [6.07, 6.45) is 2.26. The summed E-state index contributed by atoms with van der Waals surface area (Å²) < 4.78 is 2.03. The fraction of sp³-hybridized carbons (Fsp3) is 0.625. The largest absolute Gasteiger partial charge is 0.323 e. The van der Waals surface area contributed by atoms with Crippen molar-refractivity contribution < 1.29 is 0 Å². The third kappa shape index (κ3) is 1.05. The maximum absolute atomic E-state index is 5.90. The monoisotopic (exact) mass is 151 g/mol. The molecule has 1 atom stereocenters. The molecule has 60 valence electrons. The van der Waals surface area contributed by atoms with Crippen molar-refractivity contribution in [3.05, 3.63) is 17.5 Å². The summed E-state index contributed by atoms with van der Waals surface area (Å²) in [5.74, 6) is 0. The molecule has 0 bridgehead atoms. The lowest BCUT2D eigenvalue weighted by molar-refractivity contribution is 0.429. The molecule has 0 aliphatic carbocycles. The minimum absolute atomic E-state index is 0.213. The second-order valence-corrected chi connectivity index (χ2v) is 3.18. The van der Waals surface area contributed by atoms with Gasteiger partial charge in [0.05, 0.1) is 11.4 Å². The molecule has 3 heteroatoms. The van der Waals surface area contributed by atoms with E-state index >= 15 is 0 Å². The lowest BCUT2D eigenvalue weighted by Crippen LogP contribution is -2.21. The maximum Gasteiger partial charge on any atom is 0.0597 e. The molecular formula is C8H13N3. The Morgan fingerprint density at radius 2 is 2.55 bits per heavy atom. The molecule has 0 fully saturated rings. The molecule has 1 aliphatic rings. The Balaban J connectivity index is 2.43. The van der Waals surface area contributed by atoms with Crippen LogP contribution >= 0.6 is 0 Å². The molecule has 1 aromatic rings. The molecule has 2 N–H and O–H groups in total. The van der Waals surface area contributed by atoms with Crippen LogP contribution in [0.1, 0.15) is 30.3 Å². The van der Waals surface area contributed by atoms with Crippen LogP contribution in [-0.2, 0) is 6.54 Å². The van der Waals surface area contributed by atoms with Crippen LogP contribution in [0, 0.1) is 6.92 Å². The highest BCUT2D eigenvalue weighted by molar-refractivity contribution is 5.14. The molecule has 0 saturated carbocycles. The Hall–Kier alpha value is -0.830. The topological polar surface area (TPSA) is 43.8 Å². The minimum Gasteiger partial charge on any atom is -0.323 e. The predicted octanol–water partition coefficient (Wildman–Crippen LogP) is 0.985. The van der Waals surface area contributed by atoms with Gasteiger partial charge < -0.3 is 5.73 Å². The van der Waals surface area contributed by atoms with Crippen molar-refractivity contribution in [3.63, 3.8) is 0 Å². The van der Waals surface area contributed by atoms with Crippen molar-refractivity contribution in [2.45, 2.75) is 32.4 Å². The summed E-state index contributed by atoms with van der Waals surface area (Å²) in [4.78, 5) is 0. The van der Waals surface area contributed by atoms with E-state index < -0.39 is 0 Å². The van der Waals surface area contributed by atoms with E-state index in [9.17, 15) is 0 Å². The molecule has 2 heterocycles. The second kappa shape index (κ2) is 2.34. The summed E-state index contributed by atoms with van der Waals surface area (Å²) >= 11 is 0. The molecule has 0 spiro atoms. The van der Waals surface area contributed by atoms with Crippen LogP contribution < -0.4 is 5.73 Å². The molecule has 0 aromatic carbocycles. The van der Waals surface area contributed by atoms with Crippen molar-refractivity contribution in [2.75, 3.05) is 0 Å². The third-order valence-electron chi connectivity index (χ3n) is 2.20. The Morgan fingerprint density at radius 1 is 1.73 bits per heavy atom. The zero-order valence-electron chi connectivity index (χ0n) is 6.75. The number of hydrogen-bond acceptors (Lipinski definition) is 2. The predicted molar refractivity (Wildman–Crippen MR) is 43.1 cm³/mol. The number of fused-ring (bicyclic) bond motifs is 1. The number of aryl methyl sites for hydroxylation is 2. The van der Waals surface area contributed by atoms with Crippen LogP contribution in [0.25, 0.3) is 0 Å². The zero-order chi connectivity index (χ0) is 7.84. The SMILES string of the molecule is Cc1cc2n(n1)CCC[C@@H]2N. The summed E-state index contributed by atoms with van der Waals surface area (Å²) in [6, 6.07) is 2.30. The van der Waals surface area contributed by atoms with Gasteiger partial charge >= 0.3 is 0 Å². The van der Waals surface area contributed by atoms with Crippen LogP contribution in [-0.4, -0.2) is 9.78 Å². The lowest BCUT2D eigenvalue weighted by Gasteiger charge is -2.19. The highest BCUT2D eigenvalue weighted by atomic mass is 15.3. The van der Waals surface area contributed by atoms with Crippen molar-refractivity contribution in [3.8, 4) is 0 Å². The van der Waals surface area contributed by atoms with Crippen molar-refractivity contribution >= 4 is 0 Å². The maximum atomic E-state index is 5.90. The van der Waals surface area contributed by atoms with Gasteiger partial charge in [0.15, 0.2) is 0 Å². The van der Waals surface area contributed by atoms with Crippen molar-refractivity contribution in [2.24, 2.45) is 5.73 Å². The summed E-state index contributed by atoms with van der Waals surface area (Å²) in [7, 11) is 0. The van der Waals surface area contributed by atoms with Gasteiger partial charge in [0, 0.05) is 12.6 Å². The molecule has 0 radical (unpaired) electrons. The Bertz CT molecular complexity index is 264. The smallest absolute Gasteiger partial charge is 0.0597 e. The van der Waals surface area contributed by atoms with Gasteiger partial charge in [-0.3, -0.25) is 4.68 Å². The highest BCUT2D eigenvalue weighted by Crippen LogP contribution is 2.22. The number of rotatable bonds is 0. The van der Waals surface area contributed by atoms with E-state index in [4.69, 9.17) is 5.73 Å². The van der Waals surface area contributed by atoms with Crippen LogP contribution in [0.3, 0.4) is 0 Å². The van der Waals surface area contributed by atoms with E-state index in [0.717, 1.165) is 25.1 Å².